The molecule has 0 radical (unpaired) electrons. The van der Waals surface area contributed by atoms with Crippen LogP contribution in [0.3, 0.4) is 0 Å². The molecular weight excluding hydrogens is 727 g/mol. The van der Waals surface area contributed by atoms with Crippen molar-refractivity contribution in [2.24, 2.45) is 0 Å². The summed E-state index contributed by atoms with van der Waals surface area (Å²) < 4.78 is 6.61. The molecule has 1 aromatic heterocycles. The smallest absolute Gasteiger partial charge is 0.135 e. The highest BCUT2D eigenvalue weighted by atomic mass is 16.3. The van der Waals surface area contributed by atoms with Crippen molar-refractivity contribution in [2.45, 2.75) is 24.7 Å². The minimum Gasteiger partial charge on any atom is -0.456 e. The number of para-hydroxylation sites is 2. The van der Waals surface area contributed by atoms with Gasteiger partial charge in [0.05, 0.1) is 11.1 Å². The summed E-state index contributed by atoms with van der Waals surface area (Å²) in [6.45, 7) is 4.74. The zero-order chi connectivity index (χ0) is 39.7. The van der Waals surface area contributed by atoms with Gasteiger partial charge in [-0.15, -0.1) is 0 Å². The zero-order valence-electron chi connectivity index (χ0n) is 33.4. The lowest BCUT2D eigenvalue weighted by Crippen LogP contribution is -2.26. The first-order valence-corrected chi connectivity index (χ1v) is 21.0. The molecule has 10 aromatic rings. The molecule has 3 aliphatic carbocycles. The third-order valence-electron chi connectivity index (χ3n) is 13.9. The van der Waals surface area contributed by atoms with Crippen LogP contribution in [0.25, 0.3) is 66.4 Å². The van der Waals surface area contributed by atoms with Crippen LogP contribution in [0.1, 0.15) is 47.2 Å². The molecule has 0 N–H and O–H groups in total. The van der Waals surface area contributed by atoms with Gasteiger partial charge in [0.1, 0.15) is 11.2 Å². The van der Waals surface area contributed by atoms with Gasteiger partial charge in [-0.1, -0.05) is 172 Å². The molecule has 0 aliphatic heterocycles. The Morgan fingerprint density at radius 2 is 0.933 bits per heavy atom. The van der Waals surface area contributed by atoms with Crippen LogP contribution in [0.4, 0.5) is 17.1 Å². The molecule has 2 nitrogen and oxygen atoms in total. The summed E-state index contributed by atoms with van der Waals surface area (Å²) in [5.41, 5.74) is 22.7. The lowest BCUT2D eigenvalue weighted by atomic mass is 9.69. The zero-order valence-corrected chi connectivity index (χ0v) is 33.4. The van der Waals surface area contributed by atoms with E-state index < -0.39 is 5.41 Å². The Kier molecular flexibility index (Phi) is 6.74. The fraction of sp³-hybridized carbons (Fsp3) is 0.0690. The van der Waals surface area contributed by atoms with Crippen LogP contribution < -0.4 is 4.90 Å². The number of furan rings is 1. The number of anilines is 3. The summed E-state index contributed by atoms with van der Waals surface area (Å²) in [7, 11) is 0. The molecular formula is C58H39NO. The fourth-order valence-electron chi connectivity index (χ4n) is 11.4. The van der Waals surface area contributed by atoms with E-state index in [1.165, 1.54) is 83.3 Å². The second kappa shape index (κ2) is 12.1. The van der Waals surface area contributed by atoms with Gasteiger partial charge >= 0.3 is 0 Å². The molecule has 1 unspecified atom stereocenters. The average molecular weight is 766 g/mol. The first-order valence-electron chi connectivity index (χ1n) is 21.0. The predicted octanol–water partition coefficient (Wildman–Crippen LogP) is 15.4. The van der Waals surface area contributed by atoms with Gasteiger partial charge in [-0.05, 0) is 115 Å². The van der Waals surface area contributed by atoms with E-state index in [-0.39, 0.29) is 5.41 Å². The van der Waals surface area contributed by atoms with E-state index in [4.69, 9.17) is 4.42 Å². The number of hydrogen-bond acceptors (Lipinski definition) is 2. The third-order valence-corrected chi connectivity index (χ3v) is 13.9. The van der Waals surface area contributed by atoms with E-state index >= 15 is 0 Å². The van der Waals surface area contributed by atoms with Gasteiger partial charge < -0.3 is 9.32 Å². The van der Waals surface area contributed by atoms with Crippen molar-refractivity contribution < 1.29 is 4.42 Å². The molecule has 60 heavy (non-hydrogen) atoms. The molecule has 13 rings (SSSR count). The monoisotopic (exact) mass is 765 g/mol. The van der Waals surface area contributed by atoms with Crippen LogP contribution in [0.15, 0.2) is 205 Å². The minimum absolute atomic E-state index is 0.137. The van der Waals surface area contributed by atoms with Crippen LogP contribution in [-0.2, 0) is 10.8 Å². The SMILES string of the molecule is CC1(C)c2ccccc2-c2ccc(N(c3ccc4c(c3)-c3ccccc3C43c4ccccc4-c4ccc5oc6ccccc6c5c43)c3ccccc3-c3ccccc3)cc21. The molecule has 1 spiro atoms. The van der Waals surface area contributed by atoms with Gasteiger partial charge in [-0.25, -0.2) is 0 Å². The van der Waals surface area contributed by atoms with Gasteiger partial charge in [0.25, 0.3) is 0 Å². The standard InChI is InChI=1S/C58H39NO/c1-57(2)47-23-11-6-19-40(47)43-30-28-38(35-51(43)57)59(52-26-14-9-18-39(52)36-16-4-3-5-17-36)37-29-32-50-46(34-37)42-21-8-13-25-49(42)58(50)48-24-12-7-20-41(48)44-31-33-54-55(56(44)58)45-22-10-15-27-53(45)60-54/h3-35H,1-2H3. The summed E-state index contributed by atoms with van der Waals surface area (Å²) >= 11 is 0. The van der Waals surface area contributed by atoms with Gasteiger partial charge in [0.15, 0.2) is 0 Å². The normalized spacial score (nSPS) is 16.0. The van der Waals surface area contributed by atoms with Crippen molar-refractivity contribution in [3.8, 4) is 44.5 Å². The Balaban J connectivity index is 1.09. The molecule has 0 saturated carbocycles. The van der Waals surface area contributed by atoms with Crippen molar-refractivity contribution in [2.75, 3.05) is 4.90 Å². The van der Waals surface area contributed by atoms with Crippen LogP contribution >= 0.6 is 0 Å². The summed E-state index contributed by atoms with van der Waals surface area (Å²) in [6, 6.07) is 74.1. The Labute approximate surface area is 349 Å². The Morgan fingerprint density at radius 1 is 0.383 bits per heavy atom. The van der Waals surface area contributed by atoms with Crippen molar-refractivity contribution in [1.82, 2.24) is 0 Å². The molecule has 282 valence electrons. The van der Waals surface area contributed by atoms with Crippen LogP contribution in [0, 0.1) is 0 Å². The van der Waals surface area contributed by atoms with E-state index in [9.17, 15) is 0 Å². The number of hydrogen-bond donors (Lipinski definition) is 0. The molecule has 9 aromatic carbocycles. The quantitative estimate of drug-likeness (QED) is 0.177. The topological polar surface area (TPSA) is 16.4 Å². The first kappa shape index (κ1) is 33.5. The summed E-state index contributed by atoms with van der Waals surface area (Å²) in [5.74, 6) is 0. The maximum atomic E-state index is 6.61. The molecule has 0 amide bonds. The van der Waals surface area contributed by atoms with Crippen molar-refractivity contribution >= 4 is 39.0 Å². The maximum Gasteiger partial charge on any atom is 0.135 e. The van der Waals surface area contributed by atoms with E-state index in [1.54, 1.807) is 0 Å². The van der Waals surface area contributed by atoms with Gasteiger partial charge in [-0.3, -0.25) is 0 Å². The maximum absolute atomic E-state index is 6.61. The molecule has 1 atom stereocenters. The summed E-state index contributed by atoms with van der Waals surface area (Å²) in [5, 5.41) is 2.36. The Morgan fingerprint density at radius 3 is 1.72 bits per heavy atom. The fourth-order valence-corrected chi connectivity index (χ4v) is 11.4. The number of benzene rings is 9. The van der Waals surface area contributed by atoms with Gasteiger partial charge in [-0.2, -0.15) is 0 Å². The van der Waals surface area contributed by atoms with Crippen molar-refractivity contribution in [3.05, 3.63) is 234 Å². The molecule has 0 saturated heterocycles. The van der Waals surface area contributed by atoms with Crippen LogP contribution in [0.2, 0.25) is 0 Å². The lowest BCUT2D eigenvalue weighted by molar-refractivity contribution is 0.660. The highest BCUT2D eigenvalue weighted by Gasteiger charge is 2.53. The first-order chi connectivity index (χ1) is 29.5. The number of nitrogens with zero attached hydrogens (tertiary/aromatic N) is 1. The van der Waals surface area contributed by atoms with Crippen LogP contribution in [-0.4, -0.2) is 0 Å². The van der Waals surface area contributed by atoms with Crippen molar-refractivity contribution in [3.63, 3.8) is 0 Å². The van der Waals surface area contributed by atoms with Gasteiger partial charge in [0, 0.05) is 33.1 Å². The molecule has 1 heterocycles. The average Bonchev–Trinajstić information content (AvgIpc) is 3.99. The van der Waals surface area contributed by atoms with Crippen LogP contribution in [0.5, 0.6) is 0 Å². The van der Waals surface area contributed by atoms with Crippen molar-refractivity contribution in [1.29, 1.82) is 0 Å². The Hall–Kier alpha value is -7.42. The second-order valence-corrected chi connectivity index (χ2v) is 17.1. The van der Waals surface area contributed by atoms with E-state index in [1.807, 2.05) is 0 Å². The number of fused-ring (bicyclic) bond motifs is 17. The molecule has 2 heteroatoms. The lowest BCUT2D eigenvalue weighted by Gasteiger charge is -2.32. The summed E-state index contributed by atoms with van der Waals surface area (Å²) in [6.07, 6.45) is 0. The highest BCUT2D eigenvalue weighted by molar-refractivity contribution is 6.13. The predicted molar refractivity (Wildman–Crippen MR) is 248 cm³/mol. The highest BCUT2D eigenvalue weighted by Crippen LogP contribution is 2.65. The summed E-state index contributed by atoms with van der Waals surface area (Å²) in [4.78, 5) is 2.49. The van der Waals surface area contributed by atoms with E-state index in [0.29, 0.717) is 0 Å². The molecule has 0 bridgehead atoms. The van der Waals surface area contributed by atoms with E-state index in [2.05, 4.69) is 219 Å². The Bertz CT molecular complexity index is 3420. The number of rotatable bonds is 4. The van der Waals surface area contributed by atoms with E-state index in [0.717, 1.165) is 33.6 Å². The third kappa shape index (κ3) is 4.27. The molecule has 3 aliphatic rings. The second-order valence-electron chi connectivity index (χ2n) is 17.1. The minimum atomic E-state index is -0.529. The van der Waals surface area contributed by atoms with Gasteiger partial charge in [0.2, 0.25) is 0 Å². The molecule has 0 fully saturated rings. The largest absolute Gasteiger partial charge is 0.456 e.